The van der Waals surface area contributed by atoms with Gasteiger partial charge in [0.1, 0.15) is 0 Å². The van der Waals surface area contributed by atoms with Gasteiger partial charge in [-0.25, -0.2) is 0 Å². The van der Waals surface area contributed by atoms with Crippen LogP contribution in [-0.4, -0.2) is 49.4 Å². The molecule has 33 heavy (non-hydrogen) atoms. The summed E-state index contributed by atoms with van der Waals surface area (Å²) >= 11 is 0. The summed E-state index contributed by atoms with van der Waals surface area (Å²) in [4.78, 5) is 27.0. The van der Waals surface area contributed by atoms with Gasteiger partial charge >= 0.3 is 0 Å². The molecule has 1 heterocycles. The van der Waals surface area contributed by atoms with E-state index < -0.39 is 0 Å². The minimum Gasteiger partial charge on any atom is -0.353 e. The van der Waals surface area contributed by atoms with Gasteiger partial charge in [-0.1, -0.05) is 60.7 Å². The average Bonchev–Trinajstić information content (AvgIpc) is 2.85. The molecule has 0 atom stereocenters. The second-order valence-corrected chi connectivity index (χ2v) is 9.15. The van der Waals surface area contributed by atoms with Gasteiger partial charge in [0.15, 0.2) is 0 Å². The van der Waals surface area contributed by atoms with Crippen molar-refractivity contribution in [3.63, 3.8) is 0 Å². The number of piperidine rings is 1. The maximum absolute atomic E-state index is 13.1. The highest BCUT2D eigenvalue weighted by Crippen LogP contribution is 2.19. The Labute approximate surface area is 199 Å². The van der Waals surface area contributed by atoms with Crippen molar-refractivity contribution >= 4 is 11.8 Å². The maximum Gasteiger partial charge on any atom is 0.236 e. The van der Waals surface area contributed by atoms with E-state index in [9.17, 15) is 9.59 Å². The van der Waals surface area contributed by atoms with E-state index in [4.69, 9.17) is 0 Å². The lowest BCUT2D eigenvalue weighted by Gasteiger charge is -2.32. The van der Waals surface area contributed by atoms with Gasteiger partial charge in [-0.05, 0) is 69.5 Å². The number of hydrogen-bond donors (Lipinski definition) is 2. The molecule has 0 aromatic heterocycles. The van der Waals surface area contributed by atoms with Gasteiger partial charge in [0, 0.05) is 25.0 Å². The summed E-state index contributed by atoms with van der Waals surface area (Å²) in [5.74, 6) is 0.297. The molecule has 0 spiro atoms. The van der Waals surface area contributed by atoms with E-state index in [-0.39, 0.29) is 23.8 Å². The largest absolute Gasteiger partial charge is 0.353 e. The predicted octanol–water partition coefficient (Wildman–Crippen LogP) is 3.98. The smallest absolute Gasteiger partial charge is 0.236 e. The van der Waals surface area contributed by atoms with E-state index in [2.05, 4.69) is 59.2 Å². The number of hydrogen-bond acceptors (Lipinski definition) is 3. The number of benzene rings is 2. The second kappa shape index (κ2) is 13.8. The highest BCUT2D eigenvalue weighted by Gasteiger charge is 2.28. The van der Waals surface area contributed by atoms with Crippen molar-refractivity contribution in [3.05, 3.63) is 71.8 Å². The van der Waals surface area contributed by atoms with Crippen molar-refractivity contribution in [3.8, 4) is 0 Å². The Kier molecular flexibility index (Phi) is 10.4. The summed E-state index contributed by atoms with van der Waals surface area (Å²) in [5.41, 5.74) is 2.70. The van der Waals surface area contributed by atoms with Crippen LogP contribution in [0.3, 0.4) is 0 Å². The van der Waals surface area contributed by atoms with Gasteiger partial charge in [-0.15, -0.1) is 0 Å². The summed E-state index contributed by atoms with van der Waals surface area (Å²) in [6, 6.07) is 21.3. The molecular weight excluding hydrogens is 410 g/mol. The topological polar surface area (TPSA) is 61.4 Å². The van der Waals surface area contributed by atoms with Gasteiger partial charge in [0.2, 0.25) is 11.8 Å². The Bertz CT molecular complexity index is 787. The number of rotatable bonds is 12. The lowest BCUT2D eigenvalue weighted by atomic mass is 9.94. The molecule has 3 rings (SSSR count). The van der Waals surface area contributed by atoms with Crippen LogP contribution >= 0.6 is 0 Å². The number of aryl methyl sites for hydroxylation is 2. The molecule has 2 N–H and O–H groups in total. The van der Waals surface area contributed by atoms with E-state index in [1.54, 1.807) is 7.05 Å². The zero-order valence-electron chi connectivity index (χ0n) is 20.0. The number of likely N-dealkylation sites (N-methyl/N-ethyl adjacent to an activating group) is 1. The van der Waals surface area contributed by atoms with Crippen LogP contribution in [0, 0.1) is 5.92 Å². The molecule has 178 valence electrons. The quantitative estimate of drug-likeness (QED) is 0.515. The molecule has 1 fully saturated rings. The van der Waals surface area contributed by atoms with E-state index >= 15 is 0 Å². The van der Waals surface area contributed by atoms with Crippen molar-refractivity contribution in [2.45, 2.75) is 57.4 Å². The van der Waals surface area contributed by atoms with Crippen molar-refractivity contribution in [2.24, 2.45) is 5.92 Å². The molecule has 1 aliphatic heterocycles. The van der Waals surface area contributed by atoms with Crippen LogP contribution in [-0.2, 0) is 22.4 Å². The first kappa shape index (κ1) is 25.0. The normalized spacial score (nSPS) is 14.4. The van der Waals surface area contributed by atoms with E-state index in [0.29, 0.717) is 19.6 Å². The summed E-state index contributed by atoms with van der Waals surface area (Å²) in [6.45, 7) is 1.71. The standard InChI is InChI=1S/C28H39N3O2/c1-29-22-27(32)31-20-18-25(19-21-31)28(33)30-26(16-8-14-23-10-4-2-5-11-23)17-9-15-24-12-6-3-7-13-24/h2-7,10-13,25-26,29H,8-9,14-22H2,1H3,(H,30,33). The van der Waals surface area contributed by atoms with Gasteiger partial charge < -0.3 is 15.5 Å². The number of likely N-dealkylation sites (tertiary alicyclic amines) is 1. The highest BCUT2D eigenvalue weighted by molar-refractivity contribution is 5.81. The molecule has 2 aromatic rings. The Morgan fingerprint density at radius 1 is 0.879 bits per heavy atom. The van der Waals surface area contributed by atoms with Gasteiger partial charge in [-0.3, -0.25) is 9.59 Å². The summed E-state index contributed by atoms with van der Waals surface area (Å²) in [6.07, 6.45) is 7.71. The number of carbonyl (C=O) groups excluding carboxylic acids is 2. The van der Waals surface area contributed by atoms with Crippen molar-refractivity contribution in [1.29, 1.82) is 0 Å². The zero-order valence-corrected chi connectivity index (χ0v) is 20.0. The van der Waals surface area contributed by atoms with Crippen LogP contribution in [0.2, 0.25) is 0 Å². The molecule has 0 unspecified atom stereocenters. The third-order valence-corrected chi connectivity index (χ3v) is 6.61. The highest BCUT2D eigenvalue weighted by atomic mass is 16.2. The molecule has 5 nitrogen and oxygen atoms in total. The Morgan fingerprint density at radius 3 is 1.88 bits per heavy atom. The Hall–Kier alpha value is -2.66. The van der Waals surface area contributed by atoms with Crippen LogP contribution in [0.4, 0.5) is 0 Å². The first-order valence-corrected chi connectivity index (χ1v) is 12.5. The average molecular weight is 450 g/mol. The first-order valence-electron chi connectivity index (χ1n) is 12.5. The Morgan fingerprint density at radius 2 is 1.39 bits per heavy atom. The molecular formula is C28H39N3O2. The third-order valence-electron chi connectivity index (χ3n) is 6.61. The molecule has 2 amide bonds. The monoisotopic (exact) mass is 449 g/mol. The minimum atomic E-state index is 0.00869. The molecule has 0 radical (unpaired) electrons. The SMILES string of the molecule is CNCC(=O)N1CCC(C(=O)NC(CCCc2ccccc2)CCCc2ccccc2)CC1. The van der Waals surface area contributed by atoms with Crippen LogP contribution < -0.4 is 10.6 Å². The van der Waals surface area contributed by atoms with Crippen LogP contribution in [0.1, 0.15) is 49.7 Å². The number of nitrogens with one attached hydrogen (secondary N) is 2. The first-order chi connectivity index (χ1) is 16.2. The lowest BCUT2D eigenvalue weighted by molar-refractivity contribution is -0.135. The van der Waals surface area contributed by atoms with E-state index in [0.717, 1.165) is 51.4 Å². The van der Waals surface area contributed by atoms with Crippen LogP contribution in [0.15, 0.2) is 60.7 Å². The van der Waals surface area contributed by atoms with Gasteiger partial charge in [0.25, 0.3) is 0 Å². The molecule has 2 aromatic carbocycles. The van der Waals surface area contributed by atoms with Crippen LogP contribution in [0.5, 0.6) is 0 Å². The summed E-state index contributed by atoms with van der Waals surface area (Å²) < 4.78 is 0. The van der Waals surface area contributed by atoms with Gasteiger partial charge in [0.05, 0.1) is 6.54 Å². The molecule has 5 heteroatoms. The summed E-state index contributed by atoms with van der Waals surface area (Å²) in [5, 5.41) is 6.29. The lowest BCUT2D eigenvalue weighted by Crippen LogP contribution is -2.47. The fourth-order valence-electron chi connectivity index (χ4n) is 4.66. The predicted molar refractivity (Wildman–Crippen MR) is 134 cm³/mol. The van der Waals surface area contributed by atoms with Gasteiger partial charge in [-0.2, -0.15) is 0 Å². The molecule has 0 bridgehead atoms. The van der Waals surface area contributed by atoms with E-state index in [1.165, 1.54) is 11.1 Å². The minimum absolute atomic E-state index is 0.00869. The Balaban J connectivity index is 1.48. The second-order valence-electron chi connectivity index (χ2n) is 9.15. The molecule has 1 aliphatic rings. The summed E-state index contributed by atoms with van der Waals surface area (Å²) in [7, 11) is 1.79. The fourth-order valence-corrected chi connectivity index (χ4v) is 4.66. The molecule has 0 aliphatic carbocycles. The van der Waals surface area contributed by atoms with Crippen molar-refractivity contribution in [2.75, 3.05) is 26.7 Å². The third kappa shape index (κ3) is 8.65. The van der Waals surface area contributed by atoms with E-state index in [1.807, 2.05) is 17.0 Å². The van der Waals surface area contributed by atoms with Crippen LogP contribution in [0.25, 0.3) is 0 Å². The fraction of sp³-hybridized carbons (Fsp3) is 0.500. The maximum atomic E-state index is 13.1. The number of nitrogens with zero attached hydrogens (tertiary/aromatic N) is 1. The van der Waals surface area contributed by atoms with Crippen molar-refractivity contribution < 1.29 is 9.59 Å². The zero-order chi connectivity index (χ0) is 23.3. The number of carbonyl (C=O) groups is 2. The molecule has 1 saturated heterocycles. The number of amides is 2. The molecule has 0 saturated carbocycles. The van der Waals surface area contributed by atoms with Crippen molar-refractivity contribution in [1.82, 2.24) is 15.5 Å².